The summed E-state index contributed by atoms with van der Waals surface area (Å²) in [5.74, 6) is 0.912. The Balaban J connectivity index is 1.48. The molecule has 2 saturated carbocycles. The molecule has 1 amide bonds. The number of benzene rings is 1. The quantitative estimate of drug-likeness (QED) is 0.725. The van der Waals surface area contributed by atoms with Crippen LogP contribution in [-0.2, 0) is 14.3 Å². The Morgan fingerprint density at radius 2 is 1.97 bits per heavy atom. The van der Waals surface area contributed by atoms with Gasteiger partial charge in [0.25, 0.3) is 0 Å². The Labute approximate surface area is 177 Å². The van der Waals surface area contributed by atoms with Gasteiger partial charge in [-0.15, -0.1) is 0 Å². The smallest absolute Gasteiger partial charge is 0.411 e. The van der Waals surface area contributed by atoms with E-state index in [9.17, 15) is 14.7 Å². The van der Waals surface area contributed by atoms with Crippen LogP contribution < -0.4 is 10.1 Å². The van der Waals surface area contributed by atoms with E-state index in [0.29, 0.717) is 24.3 Å². The first-order valence-electron chi connectivity index (χ1n) is 10.7. The van der Waals surface area contributed by atoms with E-state index in [1.807, 2.05) is 6.92 Å². The minimum atomic E-state index is -0.569. The lowest BCUT2D eigenvalue weighted by molar-refractivity contribution is -0.174. The van der Waals surface area contributed by atoms with Crippen molar-refractivity contribution < 1.29 is 28.9 Å². The number of carbonyl (C=O) groups excluding carboxylic acids is 2. The number of hydrogen-bond donors (Lipinski definition) is 2. The van der Waals surface area contributed by atoms with Gasteiger partial charge >= 0.3 is 12.1 Å². The summed E-state index contributed by atoms with van der Waals surface area (Å²) in [5, 5.41) is 13.2. The highest BCUT2D eigenvalue weighted by atomic mass is 16.6. The van der Waals surface area contributed by atoms with Gasteiger partial charge in [-0.1, -0.05) is 13.8 Å². The van der Waals surface area contributed by atoms with Crippen molar-refractivity contribution in [3.63, 3.8) is 0 Å². The van der Waals surface area contributed by atoms with Crippen LogP contribution >= 0.6 is 0 Å². The van der Waals surface area contributed by atoms with Gasteiger partial charge in [-0.2, -0.15) is 0 Å². The molecule has 1 aromatic carbocycles. The zero-order valence-electron chi connectivity index (χ0n) is 17.8. The average Bonchev–Trinajstić information content (AvgIpc) is 3.12. The van der Waals surface area contributed by atoms with Crippen molar-refractivity contribution in [1.29, 1.82) is 0 Å². The first-order chi connectivity index (χ1) is 14.3. The van der Waals surface area contributed by atoms with Crippen molar-refractivity contribution in [2.75, 3.05) is 19.0 Å². The third-order valence-electron chi connectivity index (χ3n) is 7.90. The molecule has 3 aliphatic rings. The second-order valence-corrected chi connectivity index (χ2v) is 9.42. The van der Waals surface area contributed by atoms with Crippen molar-refractivity contribution in [2.45, 2.75) is 58.2 Å². The third kappa shape index (κ3) is 3.43. The Kier molecular flexibility index (Phi) is 5.43. The maximum absolute atomic E-state index is 12.6. The molecule has 1 heterocycles. The lowest BCUT2D eigenvalue weighted by atomic mass is 9.46. The molecule has 0 spiro atoms. The van der Waals surface area contributed by atoms with Gasteiger partial charge < -0.3 is 19.3 Å². The number of methoxy groups -OCH3 is 1. The topological polar surface area (TPSA) is 94.1 Å². The number of amides is 1. The van der Waals surface area contributed by atoms with Crippen LogP contribution in [0.25, 0.3) is 0 Å². The standard InChI is InChI=1S/C23H31NO6/c1-22-11-10-19(30-21(27)24-14-4-6-15(28-3)7-5-14)23(2,13-25)18(22)9-8-17-16(22)12-20(26)29-17/h4-7,16-19,25H,8-13H2,1-3H3,(H,24,27)/t16-,17-,18?,19-,22+,23+/m1/s1. The number of rotatable bonds is 4. The highest BCUT2D eigenvalue weighted by molar-refractivity contribution is 5.84. The second kappa shape index (κ2) is 7.76. The van der Waals surface area contributed by atoms with Gasteiger partial charge in [-0.05, 0) is 61.3 Å². The van der Waals surface area contributed by atoms with Gasteiger partial charge in [0.1, 0.15) is 18.0 Å². The zero-order valence-corrected chi connectivity index (χ0v) is 17.8. The molecule has 1 saturated heterocycles. The van der Waals surface area contributed by atoms with Crippen molar-refractivity contribution >= 4 is 17.7 Å². The summed E-state index contributed by atoms with van der Waals surface area (Å²) in [6.07, 6.45) is 2.65. The summed E-state index contributed by atoms with van der Waals surface area (Å²) in [4.78, 5) is 24.5. The molecule has 164 valence electrons. The third-order valence-corrected chi connectivity index (χ3v) is 7.90. The number of anilines is 1. The van der Waals surface area contributed by atoms with Gasteiger partial charge in [0.05, 0.1) is 20.1 Å². The fourth-order valence-corrected chi connectivity index (χ4v) is 6.24. The molecule has 0 aromatic heterocycles. The molecule has 0 radical (unpaired) electrons. The lowest BCUT2D eigenvalue weighted by Gasteiger charge is -2.59. The molecule has 1 aliphatic heterocycles. The largest absolute Gasteiger partial charge is 0.497 e. The number of hydrogen-bond acceptors (Lipinski definition) is 6. The first-order valence-corrected chi connectivity index (χ1v) is 10.7. The van der Waals surface area contributed by atoms with Crippen LogP contribution in [0.5, 0.6) is 5.75 Å². The van der Waals surface area contributed by atoms with E-state index in [4.69, 9.17) is 14.2 Å². The molecule has 2 N–H and O–H groups in total. The summed E-state index contributed by atoms with van der Waals surface area (Å²) in [6, 6.07) is 7.04. The molecule has 30 heavy (non-hydrogen) atoms. The SMILES string of the molecule is COc1ccc(NC(=O)O[C@@H]2CC[C@]3(C)C(CC[C@H]4OC(=O)C[C@H]43)[C@]2(C)CO)cc1. The van der Waals surface area contributed by atoms with Crippen LogP contribution in [0.3, 0.4) is 0 Å². The molecular weight excluding hydrogens is 386 g/mol. The van der Waals surface area contributed by atoms with Crippen LogP contribution in [0.1, 0.15) is 46.0 Å². The van der Waals surface area contributed by atoms with Crippen LogP contribution in [0.4, 0.5) is 10.5 Å². The Morgan fingerprint density at radius 3 is 2.63 bits per heavy atom. The maximum Gasteiger partial charge on any atom is 0.411 e. The summed E-state index contributed by atoms with van der Waals surface area (Å²) in [5.41, 5.74) is -0.0611. The zero-order chi connectivity index (χ0) is 21.5. The minimum absolute atomic E-state index is 0.0162. The summed E-state index contributed by atoms with van der Waals surface area (Å²) >= 11 is 0. The van der Waals surface area contributed by atoms with Crippen LogP contribution in [0.15, 0.2) is 24.3 Å². The molecule has 4 rings (SSSR count). The average molecular weight is 418 g/mol. The van der Waals surface area contributed by atoms with Crippen molar-refractivity contribution in [3.8, 4) is 5.75 Å². The maximum atomic E-state index is 12.6. The second-order valence-electron chi connectivity index (χ2n) is 9.42. The molecule has 1 unspecified atom stereocenters. The van der Waals surface area contributed by atoms with E-state index in [0.717, 1.165) is 19.3 Å². The fraction of sp³-hybridized carbons (Fsp3) is 0.652. The van der Waals surface area contributed by atoms with E-state index >= 15 is 0 Å². The number of aliphatic hydroxyl groups is 1. The van der Waals surface area contributed by atoms with Crippen molar-refractivity contribution in [2.24, 2.45) is 22.7 Å². The predicted octanol–water partition coefficient (Wildman–Crippen LogP) is 3.75. The van der Waals surface area contributed by atoms with Gasteiger partial charge in [-0.3, -0.25) is 10.1 Å². The summed E-state index contributed by atoms with van der Waals surface area (Å²) in [6.45, 7) is 4.16. The highest BCUT2D eigenvalue weighted by Crippen LogP contribution is 2.62. The molecule has 3 fully saturated rings. The number of nitrogens with one attached hydrogen (secondary N) is 1. The van der Waals surface area contributed by atoms with Crippen LogP contribution in [0, 0.1) is 22.7 Å². The molecule has 6 atom stereocenters. The van der Waals surface area contributed by atoms with Crippen molar-refractivity contribution in [1.82, 2.24) is 0 Å². The molecule has 7 nitrogen and oxygen atoms in total. The molecule has 2 aliphatic carbocycles. The highest BCUT2D eigenvalue weighted by Gasteiger charge is 2.62. The van der Waals surface area contributed by atoms with E-state index in [1.165, 1.54) is 0 Å². The number of fused-ring (bicyclic) bond motifs is 3. The van der Waals surface area contributed by atoms with E-state index in [-0.39, 0.29) is 35.9 Å². The lowest BCUT2D eigenvalue weighted by Crippen LogP contribution is -2.59. The molecule has 7 heteroatoms. The minimum Gasteiger partial charge on any atom is -0.497 e. The Morgan fingerprint density at radius 1 is 1.23 bits per heavy atom. The van der Waals surface area contributed by atoms with Crippen LogP contribution in [0.2, 0.25) is 0 Å². The number of carbonyl (C=O) groups is 2. The van der Waals surface area contributed by atoms with Gasteiger partial charge in [0.15, 0.2) is 0 Å². The molecular formula is C23H31NO6. The molecule has 1 aromatic rings. The molecule has 0 bridgehead atoms. The first kappa shape index (κ1) is 21.0. The number of ether oxygens (including phenoxy) is 3. The normalized spacial score (nSPS) is 37.5. The monoisotopic (exact) mass is 417 g/mol. The van der Waals surface area contributed by atoms with Gasteiger partial charge in [0.2, 0.25) is 0 Å². The van der Waals surface area contributed by atoms with Gasteiger partial charge in [0, 0.05) is 17.0 Å². The summed E-state index contributed by atoms with van der Waals surface area (Å²) in [7, 11) is 1.59. The van der Waals surface area contributed by atoms with E-state index in [1.54, 1.807) is 31.4 Å². The predicted molar refractivity (Wildman–Crippen MR) is 110 cm³/mol. The number of aliphatic hydroxyl groups excluding tert-OH is 1. The van der Waals surface area contributed by atoms with E-state index < -0.39 is 17.6 Å². The van der Waals surface area contributed by atoms with Crippen molar-refractivity contribution in [3.05, 3.63) is 24.3 Å². The number of esters is 1. The van der Waals surface area contributed by atoms with Gasteiger partial charge in [-0.25, -0.2) is 4.79 Å². The fourth-order valence-electron chi connectivity index (χ4n) is 6.24. The summed E-state index contributed by atoms with van der Waals surface area (Å²) < 4.78 is 16.5. The Hall–Kier alpha value is -2.28. The van der Waals surface area contributed by atoms with E-state index in [2.05, 4.69) is 12.2 Å². The van der Waals surface area contributed by atoms with Crippen LogP contribution in [-0.4, -0.2) is 43.1 Å². The Bertz CT molecular complexity index is 810.